The summed E-state index contributed by atoms with van der Waals surface area (Å²) in [6.07, 6.45) is 1.79. The fourth-order valence-electron chi connectivity index (χ4n) is 2.00. The number of nitriles is 1. The van der Waals surface area contributed by atoms with Gasteiger partial charge in [-0.25, -0.2) is 4.79 Å². The topological polar surface area (TPSA) is 70.4 Å². The van der Waals surface area contributed by atoms with Gasteiger partial charge >= 0.3 is 6.09 Å². The molecule has 1 saturated heterocycles. The SMILES string of the molecule is CC(C)(C)OC(=O)N1CCCCC1C(=O)CC#N. The molecule has 18 heavy (non-hydrogen) atoms. The summed E-state index contributed by atoms with van der Waals surface area (Å²) in [6, 6.07) is 1.35. The first kappa shape index (κ1) is 14.5. The molecule has 1 amide bonds. The van der Waals surface area contributed by atoms with Gasteiger partial charge in [-0.3, -0.25) is 9.69 Å². The van der Waals surface area contributed by atoms with Crippen LogP contribution in [0.2, 0.25) is 0 Å². The van der Waals surface area contributed by atoms with Crippen LogP contribution >= 0.6 is 0 Å². The van der Waals surface area contributed by atoms with E-state index in [4.69, 9.17) is 10.00 Å². The van der Waals surface area contributed by atoms with Gasteiger partial charge in [0.1, 0.15) is 5.60 Å². The highest BCUT2D eigenvalue weighted by atomic mass is 16.6. The second-order valence-electron chi connectivity index (χ2n) is 5.49. The van der Waals surface area contributed by atoms with E-state index in [9.17, 15) is 9.59 Å². The molecule has 1 aliphatic rings. The first-order valence-corrected chi connectivity index (χ1v) is 6.24. The number of ether oxygens (including phenoxy) is 1. The van der Waals surface area contributed by atoms with Gasteiger partial charge in [0, 0.05) is 6.54 Å². The molecule has 0 spiro atoms. The van der Waals surface area contributed by atoms with Crippen molar-refractivity contribution in [1.82, 2.24) is 4.90 Å². The maximum Gasteiger partial charge on any atom is 0.410 e. The minimum atomic E-state index is -0.572. The molecule has 0 N–H and O–H groups in total. The van der Waals surface area contributed by atoms with Crippen molar-refractivity contribution in [2.75, 3.05) is 6.54 Å². The van der Waals surface area contributed by atoms with Crippen molar-refractivity contribution < 1.29 is 14.3 Å². The smallest absolute Gasteiger partial charge is 0.410 e. The van der Waals surface area contributed by atoms with Gasteiger partial charge in [0.15, 0.2) is 5.78 Å². The van der Waals surface area contributed by atoms with Crippen LogP contribution in [-0.4, -0.2) is 35.0 Å². The van der Waals surface area contributed by atoms with Crippen molar-refractivity contribution in [3.05, 3.63) is 0 Å². The Morgan fingerprint density at radius 3 is 2.61 bits per heavy atom. The molecular weight excluding hydrogens is 232 g/mol. The Morgan fingerprint density at radius 2 is 2.06 bits per heavy atom. The van der Waals surface area contributed by atoms with Gasteiger partial charge < -0.3 is 4.74 Å². The maximum atomic E-state index is 12.0. The molecule has 100 valence electrons. The van der Waals surface area contributed by atoms with E-state index in [1.807, 2.05) is 6.07 Å². The second-order valence-corrected chi connectivity index (χ2v) is 5.49. The number of likely N-dealkylation sites (tertiary alicyclic amines) is 1. The maximum absolute atomic E-state index is 12.0. The molecule has 0 aromatic heterocycles. The standard InChI is InChI=1S/C13H20N2O3/c1-13(2,3)18-12(17)15-9-5-4-6-10(15)11(16)7-8-14/h10H,4-7,9H2,1-3H3. The summed E-state index contributed by atoms with van der Waals surface area (Å²) in [5.41, 5.74) is -0.572. The van der Waals surface area contributed by atoms with Crippen molar-refractivity contribution in [3.63, 3.8) is 0 Å². The number of ketones is 1. The quantitative estimate of drug-likeness (QED) is 0.755. The van der Waals surface area contributed by atoms with Crippen molar-refractivity contribution in [1.29, 1.82) is 5.26 Å². The van der Waals surface area contributed by atoms with E-state index in [-0.39, 0.29) is 12.2 Å². The lowest BCUT2D eigenvalue weighted by atomic mass is 9.97. The van der Waals surface area contributed by atoms with Crippen LogP contribution in [-0.2, 0) is 9.53 Å². The van der Waals surface area contributed by atoms with Crippen LogP contribution in [0, 0.1) is 11.3 Å². The van der Waals surface area contributed by atoms with Crippen LogP contribution in [0.15, 0.2) is 0 Å². The minimum Gasteiger partial charge on any atom is -0.444 e. The molecule has 0 bridgehead atoms. The lowest BCUT2D eigenvalue weighted by Crippen LogP contribution is -2.49. The molecule has 0 aromatic rings. The van der Waals surface area contributed by atoms with Crippen LogP contribution in [0.3, 0.4) is 0 Å². The van der Waals surface area contributed by atoms with E-state index in [0.717, 1.165) is 12.8 Å². The summed E-state index contributed by atoms with van der Waals surface area (Å²) >= 11 is 0. The van der Waals surface area contributed by atoms with Crippen molar-refractivity contribution >= 4 is 11.9 Å². The molecular formula is C13H20N2O3. The van der Waals surface area contributed by atoms with Gasteiger partial charge in [0.2, 0.25) is 0 Å². The summed E-state index contributed by atoms with van der Waals surface area (Å²) in [6.45, 7) is 5.90. The van der Waals surface area contributed by atoms with Crippen LogP contribution in [0.1, 0.15) is 46.5 Å². The predicted octanol–water partition coefficient (Wildman–Crippen LogP) is 2.26. The Labute approximate surface area is 108 Å². The average Bonchev–Trinajstić information content (AvgIpc) is 2.27. The van der Waals surface area contributed by atoms with E-state index >= 15 is 0 Å². The Kier molecular flexibility index (Phi) is 4.71. The van der Waals surface area contributed by atoms with E-state index in [1.54, 1.807) is 20.8 Å². The zero-order valence-corrected chi connectivity index (χ0v) is 11.2. The van der Waals surface area contributed by atoms with E-state index < -0.39 is 17.7 Å². The molecule has 1 aliphatic heterocycles. The van der Waals surface area contributed by atoms with Gasteiger partial charge in [0.25, 0.3) is 0 Å². The zero-order chi connectivity index (χ0) is 13.8. The second kappa shape index (κ2) is 5.85. The number of piperidine rings is 1. The normalized spacial score (nSPS) is 20.1. The number of rotatable bonds is 2. The third-order valence-electron chi connectivity index (χ3n) is 2.76. The summed E-state index contributed by atoms with van der Waals surface area (Å²) < 4.78 is 5.29. The molecule has 1 heterocycles. The molecule has 5 heteroatoms. The van der Waals surface area contributed by atoms with Gasteiger partial charge in [-0.2, -0.15) is 5.26 Å². The molecule has 0 saturated carbocycles. The number of Topliss-reactive ketones (excluding diaryl/α,β-unsaturated/α-hetero) is 1. The molecule has 0 aromatic carbocycles. The zero-order valence-electron chi connectivity index (χ0n) is 11.2. The van der Waals surface area contributed by atoms with Gasteiger partial charge in [0.05, 0.1) is 18.5 Å². The fraction of sp³-hybridized carbons (Fsp3) is 0.769. The Balaban J connectivity index is 2.73. The van der Waals surface area contributed by atoms with Gasteiger partial charge in [-0.15, -0.1) is 0 Å². The number of carbonyl (C=O) groups excluding carboxylic acids is 2. The van der Waals surface area contributed by atoms with Crippen LogP contribution < -0.4 is 0 Å². The number of amides is 1. The highest BCUT2D eigenvalue weighted by Crippen LogP contribution is 2.21. The van der Waals surface area contributed by atoms with E-state index in [0.29, 0.717) is 13.0 Å². The largest absolute Gasteiger partial charge is 0.444 e. The highest BCUT2D eigenvalue weighted by molar-refractivity contribution is 5.89. The Morgan fingerprint density at radius 1 is 1.39 bits per heavy atom. The fourth-order valence-corrected chi connectivity index (χ4v) is 2.00. The van der Waals surface area contributed by atoms with Crippen molar-refractivity contribution in [2.45, 2.75) is 58.1 Å². The number of hydrogen-bond acceptors (Lipinski definition) is 4. The molecule has 0 aliphatic carbocycles. The number of hydrogen-bond donors (Lipinski definition) is 0. The summed E-state index contributed by atoms with van der Waals surface area (Å²) in [5, 5.41) is 8.57. The lowest BCUT2D eigenvalue weighted by molar-refractivity contribution is -0.124. The van der Waals surface area contributed by atoms with Gasteiger partial charge in [-0.05, 0) is 40.0 Å². The average molecular weight is 252 g/mol. The first-order valence-electron chi connectivity index (χ1n) is 6.24. The summed E-state index contributed by atoms with van der Waals surface area (Å²) in [7, 11) is 0. The van der Waals surface area contributed by atoms with Crippen LogP contribution in [0.4, 0.5) is 4.79 Å². The highest BCUT2D eigenvalue weighted by Gasteiger charge is 2.34. The summed E-state index contributed by atoms with van der Waals surface area (Å²) in [4.78, 5) is 25.3. The number of nitrogens with zero attached hydrogens (tertiary/aromatic N) is 2. The molecule has 5 nitrogen and oxygen atoms in total. The predicted molar refractivity (Wildman–Crippen MR) is 65.8 cm³/mol. The Bertz CT molecular complexity index is 365. The molecule has 0 radical (unpaired) electrons. The molecule has 1 unspecified atom stereocenters. The van der Waals surface area contributed by atoms with Crippen molar-refractivity contribution in [2.24, 2.45) is 0 Å². The molecule has 1 atom stereocenters. The van der Waals surface area contributed by atoms with Crippen LogP contribution in [0.25, 0.3) is 0 Å². The van der Waals surface area contributed by atoms with Gasteiger partial charge in [-0.1, -0.05) is 0 Å². The monoisotopic (exact) mass is 252 g/mol. The first-order chi connectivity index (χ1) is 8.35. The van der Waals surface area contributed by atoms with E-state index in [1.165, 1.54) is 4.90 Å². The van der Waals surface area contributed by atoms with Crippen molar-refractivity contribution in [3.8, 4) is 6.07 Å². The number of carbonyl (C=O) groups is 2. The third kappa shape index (κ3) is 4.02. The lowest BCUT2D eigenvalue weighted by Gasteiger charge is -2.35. The van der Waals surface area contributed by atoms with E-state index in [2.05, 4.69) is 0 Å². The van der Waals surface area contributed by atoms with Crippen LogP contribution in [0.5, 0.6) is 0 Å². The Hall–Kier alpha value is -1.57. The molecule has 1 fully saturated rings. The molecule has 1 rings (SSSR count). The third-order valence-corrected chi connectivity index (χ3v) is 2.76. The minimum absolute atomic E-state index is 0.149. The summed E-state index contributed by atoms with van der Waals surface area (Å²) in [5.74, 6) is -0.192.